The Morgan fingerprint density at radius 2 is 1.93 bits per heavy atom. The van der Waals surface area contributed by atoms with Crippen molar-refractivity contribution in [3.8, 4) is 6.07 Å². The number of rotatable bonds is 2. The minimum Gasteiger partial charge on any atom is -0.393 e. The SMILES string of the molecule is N#Cc1c[nH]c(C(=O)N2CCCC23CCCN(C2CCC(O)CC2)C3=O)c1. The summed E-state index contributed by atoms with van der Waals surface area (Å²) in [5.41, 5.74) is 0.0473. The van der Waals surface area contributed by atoms with Gasteiger partial charge >= 0.3 is 0 Å². The molecule has 1 aromatic heterocycles. The van der Waals surface area contributed by atoms with Gasteiger partial charge in [-0.25, -0.2) is 0 Å². The Bertz CT molecular complexity index is 774. The number of hydrogen-bond donors (Lipinski definition) is 2. The average Bonchev–Trinajstić information content (AvgIpc) is 3.32. The van der Waals surface area contributed by atoms with Gasteiger partial charge in [-0.2, -0.15) is 5.26 Å². The number of nitrogens with zero attached hydrogens (tertiary/aromatic N) is 3. The molecule has 1 aliphatic carbocycles. The number of aliphatic hydroxyl groups is 1. The van der Waals surface area contributed by atoms with E-state index in [1.54, 1.807) is 11.0 Å². The Balaban J connectivity index is 1.57. The Morgan fingerprint density at radius 1 is 1.22 bits per heavy atom. The number of aromatic nitrogens is 1. The summed E-state index contributed by atoms with van der Waals surface area (Å²) in [6.45, 7) is 1.31. The quantitative estimate of drug-likeness (QED) is 0.829. The van der Waals surface area contributed by atoms with Crippen LogP contribution in [0, 0.1) is 11.3 Å². The molecule has 1 spiro atoms. The predicted octanol–water partition coefficient (Wildman–Crippen LogP) is 1.79. The minimum atomic E-state index is -0.747. The number of piperidine rings is 1. The van der Waals surface area contributed by atoms with Gasteiger partial charge in [0.15, 0.2) is 0 Å². The third-order valence-corrected chi connectivity index (χ3v) is 6.53. The van der Waals surface area contributed by atoms with E-state index in [2.05, 4.69) is 4.98 Å². The molecular formula is C20H26N4O3. The highest BCUT2D eigenvalue weighted by molar-refractivity contribution is 5.99. The molecule has 1 atom stereocenters. The molecule has 3 fully saturated rings. The van der Waals surface area contributed by atoms with Crippen LogP contribution in [0.15, 0.2) is 12.3 Å². The van der Waals surface area contributed by atoms with E-state index in [1.807, 2.05) is 11.0 Å². The van der Waals surface area contributed by atoms with Crippen LogP contribution >= 0.6 is 0 Å². The Morgan fingerprint density at radius 3 is 2.59 bits per heavy atom. The molecule has 0 aromatic carbocycles. The van der Waals surface area contributed by atoms with Gasteiger partial charge in [0, 0.05) is 25.3 Å². The average molecular weight is 370 g/mol. The molecule has 1 saturated carbocycles. The van der Waals surface area contributed by atoms with Crippen molar-refractivity contribution in [2.45, 2.75) is 69.1 Å². The van der Waals surface area contributed by atoms with E-state index in [0.29, 0.717) is 30.6 Å². The lowest BCUT2D eigenvalue weighted by Gasteiger charge is -2.48. The molecule has 4 rings (SSSR count). The van der Waals surface area contributed by atoms with Gasteiger partial charge < -0.3 is 19.9 Å². The second-order valence-electron chi connectivity index (χ2n) is 8.07. The maximum Gasteiger partial charge on any atom is 0.271 e. The monoisotopic (exact) mass is 370 g/mol. The van der Waals surface area contributed by atoms with Crippen molar-refractivity contribution < 1.29 is 14.7 Å². The number of nitriles is 1. The molecule has 2 saturated heterocycles. The minimum absolute atomic E-state index is 0.0769. The van der Waals surface area contributed by atoms with Crippen LogP contribution in [0.25, 0.3) is 0 Å². The molecule has 1 unspecified atom stereocenters. The zero-order valence-electron chi connectivity index (χ0n) is 15.5. The van der Waals surface area contributed by atoms with Crippen LogP contribution in [-0.4, -0.2) is 62.5 Å². The molecule has 3 aliphatic rings. The molecule has 2 amide bonds. The molecule has 7 nitrogen and oxygen atoms in total. The molecule has 7 heteroatoms. The van der Waals surface area contributed by atoms with E-state index in [1.165, 1.54) is 6.20 Å². The first kappa shape index (κ1) is 18.1. The van der Waals surface area contributed by atoms with Crippen molar-refractivity contribution in [2.24, 2.45) is 0 Å². The number of likely N-dealkylation sites (tertiary alicyclic amines) is 2. The van der Waals surface area contributed by atoms with E-state index < -0.39 is 5.54 Å². The van der Waals surface area contributed by atoms with Crippen LogP contribution in [-0.2, 0) is 4.79 Å². The third kappa shape index (κ3) is 3.02. The highest BCUT2D eigenvalue weighted by Crippen LogP contribution is 2.41. The van der Waals surface area contributed by atoms with Crippen LogP contribution in [0.2, 0.25) is 0 Å². The molecule has 2 aliphatic heterocycles. The standard InChI is InChI=1S/C20H26N4O3/c21-12-14-11-17(22-13-14)18(26)24-10-2-8-20(24)7-1-9-23(19(20)27)15-3-5-16(25)6-4-15/h11,13,15-16,22,25H,1-10H2. The molecule has 27 heavy (non-hydrogen) atoms. The molecule has 0 radical (unpaired) electrons. The highest BCUT2D eigenvalue weighted by Gasteiger charge is 2.54. The number of aromatic amines is 1. The summed E-state index contributed by atoms with van der Waals surface area (Å²) in [6, 6.07) is 3.76. The molecule has 0 bridgehead atoms. The van der Waals surface area contributed by atoms with Crippen molar-refractivity contribution in [1.29, 1.82) is 5.26 Å². The van der Waals surface area contributed by atoms with E-state index in [0.717, 1.165) is 45.1 Å². The topological polar surface area (TPSA) is 100 Å². The zero-order valence-corrected chi connectivity index (χ0v) is 15.5. The maximum absolute atomic E-state index is 13.5. The van der Waals surface area contributed by atoms with Crippen LogP contribution in [0.3, 0.4) is 0 Å². The Kier molecular flexibility index (Phi) is 4.68. The predicted molar refractivity (Wildman–Crippen MR) is 97.7 cm³/mol. The molecule has 2 N–H and O–H groups in total. The summed E-state index contributed by atoms with van der Waals surface area (Å²) in [5, 5.41) is 18.8. The molecule has 3 heterocycles. The molecular weight excluding hydrogens is 344 g/mol. The normalized spacial score (nSPS) is 31.3. The van der Waals surface area contributed by atoms with Crippen molar-refractivity contribution in [2.75, 3.05) is 13.1 Å². The first-order valence-corrected chi connectivity index (χ1v) is 9.95. The maximum atomic E-state index is 13.5. The van der Waals surface area contributed by atoms with Crippen molar-refractivity contribution in [1.82, 2.24) is 14.8 Å². The summed E-state index contributed by atoms with van der Waals surface area (Å²) >= 11 is 0. The number of nitrogens with one attached hydrogen (secondary N) is 1. The van der Waals surface area contributed by atoms with Gasteiger partial charge in [0.05, 0.1) is 11.7 Å². The van der Waals surface area contributed by atoms with Crippen LogP contribution < -0.4 is 0 Å². The fourth-order valence-electron chi connectivity index (χ4n) is 5.12. The number of carbonyl (C=O) groups excluding carboxylic acids is 2. The summed E-state index contributed by atoms with van der Waals surface area (Å²) in [5.74, 6) is -0.115. The van der Waals surface area contributed by atoms with E-state index >= 15 is 0 Å². The number of amides is 2. The fourth-order valence-corrected chi connectivity index (χ4v) is 5.12. The van der Waals surface area contributed by atoms with E-state index in [9.17, 15) is 14.7 Å². The van der Waals surface area contributed by atoms with E-state index in [-0.39, 0.29) is 24.0 Å². The molecule has 1 aromatic rings. The highest BCUT2D eigenvalue weighted by atomic mass is 16.3. The van der Waals surface area contributed by atoms with Gasteiger partial charge in [0.2, 0.25) is 5.91 Å². The summed E-state index contributed by atoms with van der Waals surface area (Å²) < 4.78 is 0. The van der Waals surface area contributed by atoms with Crippen molar-refractivity contribution >= 4 is 11.8 Å². The summed E-state index contributed by atoms with van der Waals surface area (Å²) in [6.07, 6.45) is 7.54. The number of aliphatic hydroxyl groups excluding tert-OH is 1. The van der Waals surface area contributed by atoms with Gasteiger partial charge in [-0.3, -0.25) is 9.59 Å². The first-order chi connectivity index (χ1) is 13.0. The Hall–Kier alpha value is -2.33. The van der Waals surface area contributed by atoms with Crippen LogP contribution in [0.4, 0.5) is 0 Å². The van der Waals surface area contributed by atoms with Gasteiger partial charge in [-0.05, 0) is 57.4 Å². The lowest BCUT2D eigenvalue weighted by atomic mass is 9.82. The van der Waals surface area contributed by atoms with E-state index in [4.69, 9.17) is 5.26 Å². The lowest BCUT2D eigenvalue weighted by Crippen LogP contribution is -2.63. The number of carbonyl (C=O) groups is 2. The van der Waals surface area contributed by atoms with Gasteiger partial charge in [-0.15, -0.1) is 0 Å². The summed E-state index contributed by atoms with van der Waals surface area (Å²) in [4.78, 5) is 33.3. The third-order valence-electron chi connectivity index (χ3n) is 6.53. The number of hydrogen-bond acceptors (Lipinski definition) is 4. The Labute approximate surface area is 158 Å². The second-order valence-corrected chi connectivity index (χ2v) is 8.07. The van der Waals surface area contributed by atoms with Crippen LogP contribution in [0.1, 0.15) is 67.4 Å². The van der Waals surface area contributed by atoms with Gasteiger partial charge in [0.1, 0.15) is 17.3 Å². The first-order valence-electron chi connectivity index (χ1n) is 9.95. The van der Waals surface area contributed by atoms with Gasteiger partial charge in [-0.1, -0.05) is 0 Å². The lowest BCUT2D eigenvalue weighted by molar-refractivity contribution is -0.149. The van der Waals surface area contributed by atoms with Crippen LogP contribution in [0.5, 0.6) is 0 Å². The second kappa shape index (κ2) is 7.01. The smallest absolute Gasteiger partial charge is 0.271 e. The van der Waals surface area contributed by atoms with Gasteiger partial charge in [0.25, 0.3) is 5.91 Å². The largest absolute Gasteiger partial charge is 0.393 e. The van der Waals surface area contributed by atoms with Crippen molar-refractivity contribution in [3.05, 3.63) is 23.5 Å². The van der Waals surface area contributed by atoms with Crippen molar-refractivity contribution in [3.63, 3.8) is 0 Å². The number of H-pyrrole nitrogens is 1. The zero-order chi connectivity index (χ0) is 19.0. The fraction of sp³-hybridized carbons (Fsp3) is 0.650. The molecule has 144 valence electrons. The summed E-state index contributed by atoms with van der Waals surface area (Å²) in [7, 11) is 0.